The van der Waals surface area contributed by atoms with Crippen molar-refractivity contribution in [1.82, 2.24) is 0 Å². The Balaban J connectivity index is 2.32. The van der Waals surface area contributed by atoms with Crippen molar-refractivity contribution in [2.75, 3.05) is 5.32 Å². The zero-order chi connectivity index (χ0) is 14.5. The summed E-state index contributed by atoms with van der Waals surface area (Å²) in [4.78, 5) is 22.6. The number of nitro groups is 1. The Morgan fingerprint density at radius 3 is 2.50 bits per heavy atom. The van der Waals surface area contributed by atoms with E-state index in [2.05, 4.69) is 5.32 Å². The molecular formula is C14H12N2O3Se. The molecule has 2 aromatic carbocycles. The normalized spacial score (nSPS) is 10.1. The van der Waals surface area contributed by atoms with Crippen LogP contribution in [0.5, 0.6) is 0 Å². The van der Waals surface area contributed by atoms with E-state index in [1.165, 1.54) is 12.1 Å². The van der Waals surface area contributed by atoms with Crippen LogP contribution in [0.25, 0.3) is 0 Å². The number of anilines is 1. The number of hydrogen-bond acceptors (Lipinski definition) is 3. The summed E-state index contributed by atoms with van der Waals surface area (Å²) in [6, 6.07) is 13.4. The van der Waals surface area contributed by atoms with Gasteiger partial charge >= 0.3 is 122 Å². The minimum absolute atomic E-state index is 0.0730. The Labute approximate surface area is 122 Å². The predicted molar refractivity (Wildman–Crippen MR) is 78.7 cm³/mol. The van der Waals surface area contributed by atoms with Crippen molar-refractivity contribution in [1.29, 1.82) is 0 Å². The fourth-order valence-corrected chi connectivity index (χ4v) is 2.91. The topological polar surface area (TPSA) is 72.2 Å². The number of carbonyl (C=O) groups excluding carboxylic acids is 1. The van der Waals surface area contributed by atoms with Crippen molar-refractivity contribution < 1.29 is 9.72 Å². The number of rotatable bonds is 4. The molecule has 0 atom stereocenters. The number of carbonyl (C=O) groups is 1. The van der Waals surface area contributed by atoms with Gasteiger partial charge in [0, 0.05) is 0 Å². The molecule has 102 valence electrons. The molecule has 0 bridgehead atoms. The second-order valence-electron chi connectivity index (χ2n) is 3.96. The minimum atomic E-state index is -0.494. The van der Waals surface area contributed by atoms with Crippen LogP contribution in [-0.4, -0.2) is 25.8 Å². The third kappa shape index (κ3) is 3.23. The number of non-ortho nitro benzene ring substituents is 1. The van der Waals surface area contributed by atoms with Gasteiger partial charge in [-0.2, -0.15) is 0 Å². The Morgan fingerprint density at radius 1 is 1.20 bits per heavy atom. The van der Waals surface area contributed by atoms with Gasteiger partial charge in [-0.05, 0) is 0 Å². The van der Waals surface area contributed by atoms with Crippen molar-refractivity contribution in [3.05, 3.63) is 64.2 Å². The molecule has 5 nitrogen and oxygen atoms in total. The Bertz CT molecular complexity index is 644. The Hall–Kier alpha value is -2.17. The molecule has 0 fully saturated rings. The fraction of sp³-hybridized carbons (Fsp3) is 0.0714. The number of nitrogens with zero attached hydrogens (tertiary/aromatic N) is 1. The molecule has 0 heterocycles. The summed E-state index contributed by atoms with van der Waals surface area (Å²) in [5.74, 6) is 1.65. The molecule has 0 unspecified atom stereocenters. The number of nitro benzene ring substituents is 1. The zero-order valence-corrected chi connectivity index (χ0v) is 12.4. The average Bonchev–Trinajstić information content (AvgIpc) is 2.47. The third-order valence-electron chi connectivity index (χ3n) is 2.67. The molecule has 0 saturated carbocycles. The number of hydrogen-bond donors (Lipinski definition) is 1. The van der Waals surface area contributed by atoms with Crippen LogP contribution in [0.1, 0.15) is 10.4 Å². The molecule has 1 amide bonds. The molecule has 6 heteroatoms. The first-order valence-electron chi connectivity index (χ1n) is 5.80. The van der Waals surface area contributed by atoms with Crippen molar-refractivity contribution in [2.45, 2.75) is 5.82 Å². The first kappa shape index (κ1) is 14.2. The summed E-state index contributed by atoms with van der Waals surface area (Å²) >= 11 is 0.0818. The summed E-state index contributed by atoms with van der Waals surface area (Å²) in [6.45, 7) is 0. The molecule has 0 aliphatic heterocycles. The van der Waals surface area contributed by atoms with Gasteiger partial charge in [0.25, 0.3) is 0 Å². The molecule has 2 rings (SSSR count). The second-order valence-corrected chi connectivity index (χ2v) is 5.74. The summed E-state index contributed by atoms with van der Waals surface area (Å²) in [6.07, 6.45) is 0. The monoisotopic (exact) mass is 336 g/mol. The molecular weight excluding hydrogens is 323 g/mol. The predicted octanol–water partition coefficient (Wildman–Crippen LogP) is 2.22. The molecule has 0 spiro atoms. The molecule has 1 N–H and O–H groups in total. The summed E-state index contributed by atoms with van der Waals surface area (Å²) in [5, 5.41) is 13.6. The van der Waals surface area contributed by atoms with E-state index in [0.717, 1.165) is 4.46 Å². The Morgan fingerprint density at radius 2 is 1.90 bits per heavy atom. The van der Waals surface area contributed by atoms with E-state index in [4.69, 9.17) is 0 Å². The van der Waals surface area contributed by atoms with E-state index in [-0.39, 0.29) is 26.6 Å². The van der Waals surface area contributed by atoms with Gasteiger partial charge in [0.1, 0.15) is 0 Å². The van der Waals surface area contributed by atoms with Gasteiger partial charge in [0.05, 0.1) is 0 Å². The van der Waals surface area contributed by atoms with Crippen molar-refractivity contribution in [3.8, 4) is 0 Å². The molecule has 0 radical (unpaired) electrons. The van der Waals surface area contributed by atoms with Crippen molar-refractivity contribution >= 4 is 36.7 Å². The van der Waals surface area contributed by atoms with Crippen LogP contribution in [0.3, 0.4) is 0 Å². The maximum absolute atomic E-state index is 12.2. The number of benzene rings is 2. The third-order valence-corrected chi connectivity index (χ3v) is 4.34. The van der Waals surface area contributed by atoms with Crippen LogP contribution in [0, 0.1) is 10.1 Å². The van der Waals surface area contributed by atoms with E-state index < -0.39 is 4.92 Å². The van der Waals surface area contributed by atoms with Gasteiger partial charge in [-0.15, -0.1) is 0 Å². The molecule has 2 aromatic rings. The van der Waals surface area contributed by atoms with E-state index >= 15 is 0 Å². The van der Waals surface area contributed by atoms with Crippen molar-refractivity contribution in [3.63, 3.8) is 0 Å². The van der Waals surface area contributed by atoms with Crippen LogP contribution in [-0.2, 0) is 0 Å². The van der Waals surface area contributed by atoms with Crippen LogP contribution in [0.2, 0.25) is 5.82 Å². The number of amides is 1. The van der Waals surface area contributed by atoms with E-state index in [9.17, 15) is 14.9 Å². The summed E-state index contributed by atoms with van der Waals surface area (Å²) in [7, 11) is 0. The summed E-state index contributed by atoms with van der Waals surface area (Å²) < 4.78 is 0.844. The zero-order valence-electron chi connectivity index (χ0n) is 10.7. The van der Waals surface area contributed by atoms with Gasteiger partial charge in [-0.25, -0.2) is 0 Å². The maximum atomic E-state index is 12.2. The molecule has 0 aliphatic carbocycles. The van der Waals surface area contributed by atoms with Crippen LogP contribution in [0.4, 0.5) is 11.4 Å². The first-order chi connectivity index (χ1) is 9.61. The van der Waals surface area contributed by atoms with E-state index in [1.54, 1.807) is 18.2 Å². The summed E-state index contributed by atoms with van der Waals surface area (Å²) in [5.41, 5.74) is 0.959. The molecule has 0 aromatic heterocycles. The van der Waals surface area contributed by atoms with Crippen LogP contribution >= 0.6 is 0 Å². The van der Waals surface area contributed by atoms with Gasteiger partial charge < -0.3 is 0 Å². The standard InChI is InChI=1S/C14H12N2O3Se/c1-20-13-8-7-11(16(18)19)9-12(13)14(17)15-10-5-3-2-4-6-10/h2-9H,1H3,(H,15,17). The second kappa shape index (κ2) is 6.32. The molecule has 0 saturated heterocycles. The number of para-hydroxylation sites is 1. The number of nitrogens with one attached hydrogen (secondary N) is 1. The quantitative estimate of drug-likeness (QED) is 0.529. The molecule has 0 aliphatic rings. The fourth-order valence-electron chi connectivity index (χ4n) is 1.71. The van der Waals surface area contributed by atoms with Gasteiger partial charge in [0.15, 0.2) is 0 Å². The molecule has 20 heavy (non-hydrogen) atoms. The van der Waals surface area contributed by atoms with Crippen molar-refractivity contribution in [2.24, 2.45) is 0 Å². The van der Waals surface area contributed by atoms with Gasteiger partial charge in [-0.1, -0.05) is 0 Å². The Kier molecular flexibility index (Phi) is 4.50. The SMILES string of the molecule is C[Se]c1ccc([N+](=O)[O-])cc1C(=O)Nc1ccccc1. The first-order valence-corrected chi connectivity index (χ1v) is 8.37. The van der Waals surface area contributed by atoms with Gasteiger partial charge in [-0.3, -0.25) is 0 Å². The van der Waals surface area contributed by atoms with Crippen LogP contribution in [0.15, 0.2) is 48.5 Å². The van der Waals surface area contributed by atoms with E-state index in [1.807, 2.05) is 24.0 Å². The van der Waals surface area contributed by atoms with E-state index in [0.29, 0.717) is 11.3 Å². The van der Waals surface area contributed by atoms with Gasteiger partial charge in [0.2, 0.25) is 0 Å². The van der Waals surface area contributed by atoms with Crippen LogP contribution < -0.4 is 9.78 Å². The average molecular weight is 335 g/mol.